The molecule has 9 heteroatoms. The number of benzene rings is 2. The van der Waals surface area contributed by atoms with Crippen LogP contribution in [0.1, 0.15) is 39.9 Å². The van der Waals surface area contributed by atoms with E-state index in [2.05, 4.69) is 17.4 Å². The highest BCUT2D eigenvalue weighted by Gasteiger charge is 2.31. The number of amides is 2. The van der Waals surface area contributed by atoms with Gasteiger partial charge in [0.05, 0.1) is 25.3 Å². The molecule has 0 bridgehead atoms. The Balaban J connectivity index is 1.26. The van der Waals surface area contributed by atoms with E-state index in [0.29, 0.717) is 26.3 Å². The van der Waals surface area contributed by atoms with E-state index in [1.54, 1.807) is 4.90 Å². The second-order valence-electron chi connectivity index (χ2n) is 8.54. The minimum absolute atomic E-state index is 0.152. The predicted octanol–water partition coefficient (Wildman–Crippen LogP) is 3.62. The van der Waals surface area contributed by atoms with Gasteiger partial charge in [-0.15, -0.1) is 0 Å². The standard InChI is InChI=1S/C25H27F3N2O4/c26-25(27,28)20-7-3-6-19(12-20)24(32)29-14-23(31)30-10-11-33-22(15-30)16-34-21-9-8-17-4-1-2-5-18(17)13-21/h3,6-9,12-13,22H,1-2,4-5,10-11,14-16H2,(H,29,32). The molecule has 182 valence electrons. The van der Waals surface area contributed by atoms with Crippen molar-refractivity contribution < 1.29 is 32.2 Å². The Morgan fingerprint density at radius 3 is 2.68 bits per heavy atom. The van der Waals surface area contributed by atoms with E-state index in [-0.39, 0.29) is 24.1 Å². The molecule has 1 heterocycles. The van der Waals surface area contributed by atoms with Crippen molar-refractivity contribution in [3.05, 3.63) is 64.7 Å². The van der Waals surface area contributed by atoms with E-state index in [0.717, 1.165) is 36.8 Å². The molecule has 1 saturated heterocycles. The molecule has 34 heavy (non-hydrogen) atoms. The second kappa shape index (κ2) is 10.5. The smallest absolute Gasteiger partial charge is 0.416 e. The van der Waals surface area contributed by atoms with E-state index in [9.17, 15) is 22.8 Å². The number of halogens is 3. The Bertz CT molecular complexity index is 1040. The number of fused-ring (bicyclic) bond motifs is 1. The van der Waals surface area contributed by atoms with Gasteiger partial charge in [-0.3, -0.25) is 9.59 Å². The van der Waals surface area contributed by atoms with Crippen molar-refractivity contribution in [2.24, 2.45) is 0 Å². The number of carbonyl (C=O) groups excluding carboxylic acids is 2. The molecule has 1 aliphatic heterocycles. The Morgan fingerprint density at radius 2 is 1.88 bits per heavy atom. The molecule has 6 nitrogen and oxygen atoms in total. The van der Waals surface area contributed by atoms with Gasteiger partial charge in [0.15, 0.2) is 0 Å². The first-order valence-electron chi connectivity index (χ1n) is 11.4. The minimum atomic E-state index is -4.55. The van der Waals surface area contributed by atoms with Crippen LogP contribution >= 0.6 is 0 Å². The van der Waals surface area contributed by atoms with E-state index in [1.807, 2.05) is 6.07 Å². The zero-order valence-electron chi connectivity index (χ0n) is 18.7. The Morgan fingerprint density at radius 1 is 1.09 bits per heavy atom. The molecule has 1 unspecified atom stereocenters. The molecule has 1 aliphatic carbocycles. The summed E-state index contributed by atoms with van der Waals surface area (Å²) in [5.41, 5.74) is 1.63. The maximum absolute atomic E-state index is 12.9. The third kappa shape index (κ3) is 6.08. The van der Waals surface area contributed by atoms with Crippen LogP contribution in [0.3, 0.4) is 0 Å². The molecule has 2 aromatic carbocycles. The first-order chi connectivity index (χ1) is 16.3. The number of nitrogens with zero attached hydrogens (tertiary/aromatic N) is 1. The van der Waals surface area contributed by atoms with Crippen molar-refractivity contribution in [1.29, 1.82) is 0 Å². The van der Waals surface area contributed by atoms with Crippen LogP contribution in [-0.2, 0) is 28.5 Å². The van der Waals surface area contributed by atoms with Crippen molar-refractivity contribution in [3.63, 3.8) is 0 Å². The SMILES string of the molecule is O=C(NCC(=O)N1CCOC(COc2ccc3c(c2)CCCC3)C1)c1cccc(C(F)(F)F)c1. The molecular formula is C25H27F3N2O4. The summed E-state index contributed by atoms with van der Waals surface area (Å²) in [5.74, 6) is -0.288. The molecule has 2 aliphatic rings. The summed E-state index contributed by atoms with van der Waals surface area (Å²) in [5, 5.41) is 2.41. The number of ether oxygens (including phenoxy) is 2. The molecule has 0 aromatic heterocycles. The van der Waals surface area contributed by atoms with Gasteiger partial charge < -0.3 is 19.7 Å². The maximum atomic E-state index is 12.9. The average molecular weight is 476 g/mol. The number of alkyl halides is 3. The van der Waals surface area contributed by atoms with Crippen molar-refractivity contribution in [3.8, 4) is 5.75 Å². The van der Waals surface area contributed by atoms with Crippen molar-refractivity contribution in [2.45, 2.75) is 38.0 Å². The highest BCUT2D eigenvalue weighted by atomic mass is 19.4. The Kier molecular flexibility index (Phi) is 7.41. The first-order valence-corrected chi connectivity index (χ1v) is 11.4. The van der Waals surface area contributed by atoms with Crippen LogP contribution in [0, 0.1) is 0 Å². The van der Waals surface area contributed by atoms with Crippen LogP contribution in [0.4, 0.5) is 13.2 Å². The van der Waals surface area contributed by atoms with Gasteiger partial charge in [0.1, 0.15) is 18.5 Å². The fourth-order valence-corrected chi connectivity index (χ4v) is 4.24. The third-order valence-electron chi connectivity index (χ3n) is 6.10. The Labute approximate surface area is 196 Å². The van der Waals surface area contributed by atoms with E-state index >= 15 is 0 Å². The zero-order chi connectivity index (χ0) is 24.1. The van der Waals surface area contributed by atoms with Gasteiger partial charge in [-0.2, -0.15) is 13.2 Å². The largest absolute Gasteiger partial charge is 0.491 e. The van der Waals surface area contributed by atoms with Crippen molar-refractivity contribution >= 4 is 11.8 Å². The summed E-state index contributed by atoms with van der Waals surface area (Å²) in [4.78, 5) is 26.4. The van der Waals surface area contributed by atoms with Crippen LogP contribution in [0.5, 0.6) is 5.75 Å². The molecule has 1 fully saturated rings. The molecule has 1 atom stereocenters. The van der Waals surface area contributed by atoms with Gasteiger partial charge in [0.25, 0.3) is 5.91 Å². The number of morpholine rings is 1. The highest BCUT2D eigenvalue weighted by Crippen LogP contribution is 2.29. The van der Waals surface area contributed by atoms with Crippen LogP contribution < -0.4 is 10.1 Å². The molecule has 4 rings (SSSR count). The lowest BCUT2D eigenvalue weighted by Crippen LogP contribution is -2.50. The average Bonchev–Trinajstić information content (AvgIpc) is 2.85. The molecule has 0 saturated carbocycles. The summed E-state index contributed by atoms with van der Waals surface area (Å²) in [6.45, 7) is 0.995. The van der Waals surface area contributed by atoms with Crippen LogP contribution in [-0.4, -0.2) is 55.7 Å². The Hall–Kier alpha value is -3.07. The minimum Gasteiger partial charge on any atom is -0.491 e. The van der Waals surface area contributed by atoms with E-state index in [1.165, 1.54) is 30.0 Å². The molecule has 1 N–H and O–H groups in total. The molecular weight excluding hydrogens is 449 g/mol. The van der Waals surface area contributed by atoms with Gasteiger partial charge in [0.2, 0.25) is 5.91 Å². The van der Waals surface area contributed by atoms with Gasteiger partial charge in [-0.1, -0.05) is 12.1 Å². The topological polar surface area (TPSA) is 67.9 Å². The molecule has 0 spiro atoms. The lowest BCUT2D eigenvalue weighted by molar-refractivity contribution is -0.139. The number of nitrogens with one attached hydrogen (secondary N) is 1. The van der Waals surface area contributed by atoms with Gasteiger partial charge in [0, 0.05) is 12.1 Å². The van der Waals surface area contributed by atoms with E-state index in [4.69, 9.17) is 9.47 Å². The number of aryl methyl sites for hydroxylation is 2. The van der Waals surface area contributed by atoms with Gasteiger partial charge >= 0.3 is 6.18 Å². The number of rotatable bonds is 6. The number of hydrogen-bond donors (Lipinski definition) is 1. The van der Waals surface area contributed by atoms with Gasteiger partial charge in [-0.05, 0) is 67.1 Å². The third-order valence-corrected chi connectivity index (χ3v) is 6.10. The molecule has 0 radical (unpaired) electrons. The zero-order valence-corrected chi connectivity index (χ0v) is 18.7. The normalized spacial score (nSPS) is 18.2. The summed E-state index contributed by atoms with van der Waals surface area (Å²) in [6.07, 6.45) is -0.301. The molecule has 2 aromatic rings. The predicted molar refractivity (Wildman–Crippen MR) is 119 cm³/mol. The van der Waals surface area contributed by atoms with Crippen LogP contribution in [0.2, 0.25) is 0 Å². The summed E-state index contributed by atoms with van der Waals surface area (Å²) in [7, 11) is 0. The number of hydrogen-bond acceptors (Lipinski definition) is 4. The maximum Gasteiger partial charge on any atom is 0.416 e. The fraction of sp³-hybridized carbons (Fsp3) is 0.440. The lowest BCUT2D eigenvalue weighted by atomic mass is 9.92. The summed E-state index contributed by atoms with van der Waals surface area (Å²) in [6, 6.07) is 10.2. The fourth-order valence-electron chi connectivity index (χ4n) is 4.24. The van der Waals surface area contributed by atoms with Crippen molar-refractivity contribution in [2.75, 3.05) is 32.8 Å². The van der Waals surface area contributed by atoms with E-state index < -0.39 is 17.6 Å². The van der Waals surface area contributed by atoms with Crippen LogP contribution in [0.15, 0.2) is 42.5 Å². The molecule has 2 amide bonds. The van der Waals surface area contributed by atoms with Crippen molar-refractivity contribution in [1.82, 2.24) is 10.2 Å². The summed E-state index contributed by atoms with van der Waals surface area (Å²) < 4.78 is 50.2. The number of carbonyl (C=O) groups is 2. The lowest BCUT2D eigenvalue weighted by Gasteiger charge is -2.33. The summed E-state index contributed by atoms with van der Waals surface area (Å²) >= 11 is 0. The monoisotopic (exact) mass is 476 g/mol. The first kappa shape index (κ1) is 24.1. The van der Waals surface area contributed by atoms with Gasteiger partial charge in [-0.25, -0.2) is 0 Å². The van der Waals surface area contributed by atoms with Crippen LogP contribution in [0.25, 0.3) is 0 Å². The highest BCUT2D eigenvalue weighted by molar-refractivity contribution is 5.96. The second-order valence-corrected chi connectivity index (χ2v) is 8.54. The quantitative estimate of drug-likeness (QED) is 0.692.